The minimum absolute atomic E-state index is 0.265. The summed E-state index contributed by atoms with van der Waals surface area (Å²) in [6.45, 7) is 12.6. The van der Waals surface area contributed by atoms with E-state index in [0.29, 0.717) is 11.6 Å². The fourth-order valence-corrected chi connectivity index (χ4v) is 4.01. The van der Waals surface area contributed by atoms with Crippen LogP contribution < -0.4 is 5.32 Å². The molecule has 34 heavy (non-hydrogen) atoms. The first-order chi connectivity index (χ1) is 16.5. The van der Waals surface area contributed by atoms with Crippen LogP contribution in [0.25, 0.3) is 5.57 Å². The van der Waals surface area contributed by atoms with Crippen molar-refractivity contribution in [1.29, 1.82) is 0 Å². The zero-order valence-electron chi connectivity index (χ0n) is 20.6. The highest BCUT2D eigenvalue weighted by Crippen LogP contribution is 2.31. The monoisotopic (exact) mass is 463 g/mol. The van der Waals surface area contributed by atoms with Crippen molar-refractivity contribution in [2.45, 2.75) is 65.2 Å². The van der Waals surface area contributed by atoms with E-state index in [1.54, 1.807) is 12.1 Å². The Morgan fingerprint density at radius 1 is 1.06 bits per heavy atom. The minimum atomic E-state index is -0.297. The molecule has 0 unspecified atom stereocenters. The van der Waals surface area contributed by atoms with Crippen molar-refractivity contribution in [1.82, 2.24) is 0 Å². The van der Waals surface area contributed by atoms with E-state index in [-0.39, 0.29) is 12.4 Å². The minimum Gasteiger partial charge on any atom is -0.396 e. The third kappa shape index (κ3) is 8.38. The van der Waals surface area contributed by atoms with Crippen LogP contribution in [0.4, 0.5) is 10.1 Å². The van der Waals surface area contributed by atoms with Crippen LogP contribution in [-0.4, -0.2) is 24.4 Å². The van der Waals surface area contributed by atoms with E-state index < -0.39 is 0 Å². The van der Waals surface area contributed by atoms with Crippen molar-refractivity contribution < 1.29 is 9.50 Å². The van der Waals surface area contributed by atoms with E-state index in [1.807, 2.05) is 6.20 Å². The molecule has 0 aromatic heterocycles. The number of aryl methyl sites for hydroxylation is 1. The van der Waals surface area contributed by atoms with Crippen LogP contribution in [0.3, 0.4) is 0 Å². The van der Waals surface area contributed by atoms with Crippen molar-refractivity contribution in [2.24, 2.45) is 9.98 Å². The summed E-state index contributed by atoms with van der Waals surface area (Å²) in [6.07, 6.45) is 9.77. The van der Waals surface area contributed by atoms with Gasteiger partial charge in [0.2, 0.25) is 5.96 Å². The van der Waals surface area contributed by atoms with Crippen LogP contribution in [0.15, 0.2) is 70.8 Å². The molecular formula is C29H38FN3O. The fourth-order valence-electron chi connectivity index (χ4n) is 4.01. The number of anilines is 1. The molecule has 0 aliphatic heterocycles. The number of benzene rings is 2. The van der Waals surface area contributed by atoms with Gasteiger partial charge in [0.05, 0.1) is 0 Å². The van der Waals surface area contributed by atoms with Gasteiger partial charge in [-0.05, 0) is 85.4 Å². The van der Waals surface area contributed by atoms with Crippen molar-refractivity contribution in [3.05, 3.63) is 83.3 Å². The van der Waals surface area contributed by atoms with Gasteiger partial charge in [0.25, 0.3) is 0 Å². The third-order valence-corrected chi connectivity index (χ3v) is 5.77. The van der Waals surface area contributed by atoms with E-state index in [2.05, 4.69) is 60.6 Å². The van der Waals surface area contributed by atoms with Crippen LogP contribution in [0.5, 0.6) is 0 Å². The third-order valence-electron chi connectivity index (χ3n) is 5.77. The average molecular weight is 464 g/mol. The largest absolute Gasteiger partial charge is 0.396 e. The average Bonchev–Trinajstić information content (AvgIpc) is 2.84. The highest BCUT2D eigenvalue weighted by molar-refractivity contribution is 5.97. The van der Waals surface area contributed by atoms with E-state index in [1.165, 1.54) is 23.3 Å². The molecule has 2 rings (SSSR count). The first-order valence-corrected chi connectivity index (χ1v) is 12.2. The van der Waals surface area contributed by atoms with E-state index in [0.717, 1.165) is 68.1 Å². The zero-order chi connectivity index (χ0) is 24.8. The number of aliphatic imine (C=N–C) groups is 2. The summed E-state index contributed by atoms with van der Waals surface area (Å²) >= 11 is 0. The molecule has 4 nitrogen and oxygen atoms in total. The van der Waals surface area contributed by atoms with Gasteiger partial charge in [-0.3, -0.25) is 0 Å². The molecule has 0 amide bonds. The zero-order valence-corrected chi connectivity index (χ0v) is 20.6. The number of hydrogen-bond donors (Lipinski definition) is 2. The van der Waals surface area contributed by atoms with Crippen LogP contribution in [0.2, 0.25) is 0 Å². The van der Waals surface area contributed by atoms with Gasteiger partial charge in [-0.15, -0.1) is 0 Å². The molecule has 0 bridgehead atoms. The number of nitrogens with one attached hydrogen (secondary N) is 1. The molecule has 0 radical (unpaired) electrons. The maximum absolute atomic E-state index is 13.2. The summed E-state index contributed by atoms with van der Waals surface area (Å²) < 4.78 is 13.2. The Morgan fingerprint density at radius 3 is 2.44 bits per heavy atom. The molecule has 0 aliphatic rings. The molecule has 0 heterocycles. The quantitative estimate of drug-likeness (QED) is 0.141. The summed E-state index contributed by atoms with van der Waals surface area (Å²) in [5, 5.41) is 12.1. The van der Waals surface area contributed by atoms with E-state index in [4.69, 9.17) is 5.11 Å². The van der Waals surface area contributed by atoms with Gasteiger partial charge in [0, 0.05) is 24.1 Å². The summed E-state index contributed by atoms with van der Waals surface area (Å²) in [5.41, 5.74) is 6.56. The predicted molar refractivity (Wildman–Crippen MR) is 144 cm³/mol. The molecule has 5 heteroatoms. The molecule has 2 aromatic carbocycles. The fraction of sp³-hybridized carbons (Fsp3) is 0.379. The maximum Gasteiger partial charge on any atom is 0.226 e. The van der Waals surface area contributed by atoms with Gasteiger partial charge in [-0.25, -0.2) is 14.4 Å². The Morgan fingerprint density at radius 2 is 1.79 bits per heavy atom. The normalized spacial score (nSPS) is 12.0. The molecule has 2 aromatic rings. The lowest BCUT2D eigenvalue weighted by molar-refractivity contribution is 0.282. The van der Waals surface area contributed by atoms with Gasteiger partial charge >= 0.3 is 0 Å². The lowest BCUT2D eigenvalue weighted by Gasteiger charge is -2.18. The molecule has 2 N–H and O–H groups in total. The van der Waals surface area contributed by atoms with Gasteiger partial charge in [-0.2, -0.15) is 0 Å². The van der Waals surface area contributed by atoms with Crippen molar-refractivity contribution in [2.75, 3.05) is 11.9 Å². The number of aliphatic hydroxyl groups excluding tert-OH is 1. The van der Waals surface area contributed by atoms with Crippen molar-refractivity contribution in [3.63, 3.8) is 0 Å². The molecule has 0 saturated carbocycles. The molecule has 0 spiro atoms. The lowest BCUT2D eigenvalue weighted by atomic mass is 9.88. The van der Waals surface area contributed by atoms with Crippen LogP contribution in [-0.2, 0) is 12.8 Å². The molecule has 0 fully saturated rings. The predicted octanol–water partition coefficient (Wildman–Crippen LogP) is 7.35. The maximum atomic E-state index is 13.2. The van der Waals surface area contributed by atoms with E-state index >= 15 is 0 Å². The smallest absolute Gasteiger partial charge is 0.226 e. The second-order valence-electron chi connectivity index (χ2n) is 8.32. The lowest BCUT2D eigenvalue weighted by Crippen LogP contribution is -2.08. The number of rotatable bonds is 13. The van der Waals surface area contributed by atoms with Crippen molar-refractivity contribution >= 4 is 23.9 Å². The van der Waals surface area contributed by atoms with Gasteiger partial charge in [-0.1, -0.05) is 57.9 Å². The standard InChI is InChI=1S/C29H38FN3O/c1-5-12-22(3)28(21-32-29(31-4)33-25-18-16-24(30)17-19-25)27-15-11-14-23(26(27)6-2)13-9-7-8-10-20-34/h11,14-19,21,34H,3-10,12-13,20H2,1-2H3,(H,32,33)/b28-21-. The van der Waals surface area contributed by atoms with E-state index in [9.17, 15) is 4.39 Å². The second kappa shape index (κ2) is 15.0. The summed E-state index contributed by atoms with van der Waals surface area (Å²) in [4.78, 5) is 8.58. The number of allylic oxidation sites excluding steroid dienone is 2. The second-order valence-corrected chi connectivity index (χ2v) is 8.32. The highest BCUT2D eigenvalue weighted by atomic mass is 19.1. The molecular weight excluding hydrogens is 425 g/mol. The SMILES string of the molecule is C=NC(=N/C=C(/C(=C)CCC)c1cccc(CCCCCCO)c1CC)Nc1ccc(F)cc1. The number of aliphatic hydroxyl groups is 1. The van der Waals surface area contributed by atoms with Crippen molar-refractivity contribution in [3.8, 4) is 0 Å². The summed E-state index contributed by atoms with van der Waals surface area (Å²) in [5.74, 6) is 0.0421. The highest BCUT2D eigenvalue weighted by Gasteiger charge is 2.13. The molecule has 0 atom stereocenters. The van der Waals surface area contributed by atoms with Gasteiger partial charge in [0.15, 0.2) is 0 Å². The van der Waals surface area contributed by atoms with Crippen LogP contribution in [0, 0.1) is 5.82 Å². The number of nitrogens with zero attached hydrogens (tertiary/aromatic N) is 2. The van der Waals surface area contributed by atoms with Crippen LogP contribution in [0.1, 0.15) is 69.1 Å². The number of guanidine groups is 1. The van der Waals surface area contributed by atoms with Gasteiger partial charge in [0.1, 0.15) is 5.82 Å². The molecule has 0 saturated heterocycles. The van der Waals surface area contributed by atoms with Crippen LogP contribution >= 0.6 is 0 Å². The molecule has 182 valence electrons. The summed E-state index contributed by atoms with van der Waals surface area (Å²) in [6, 6.07) is 12.5. The first-order valence-electron chi connectivity index (χ1n) is 12.2. The number of halogens is 1. The first kappa shape index (κ1) is 27.2. The Hall–Kier alpha value is -3.05. The molecule has 0 aliphatic carbocycles. The Balaban J connectivity index is 2.37. The Bertz CT molecular complexity index is 993. The Kier molecular flexibility index (Phi) is 12.0. The number of unbranched alkanes of at least 4 members (excludes halogenated alkanes) is 3. The summed E-state index contributed by atoms with van der Waals surface area (Å²) in [7, 11) is 0. The van der Waals surface area contributed by atoms with Gasteiger partial charge < -0.3 is 10.4 Å². The topological polar surface area (TPSA) is 57.0 Å². The Labute approximate surface area is 204 Å². The number of hydrogen-bond acceptors (Lipinski definition) is 2.